The molecule has 2 aromatic carbocycles. The van der Waals surface area contributed by atoms with Gasteiger partial charge in [-0.05, 0) is 59.7 Å². The second-order valence-electron chi connectivity index (χ2n) is 10.4. The third kappa shape index (κ3) is 3.50. The Bertz CT molecular complexity index is 1300. The number of aryl methyl sites for hydroxylation is 1. The fraction of sp³-hybridized carbons (Fsp3) is 0.393. The Morgan fingerprint density at radius 1 is 1.09 bits per heavy atom. The van der Waals surface area contributed by atoms with Crippen LogP contribution >= 0.6 is 0 Å². The van der Waals surface area contributed by atoms with Gasteiger partial charge in [0, 0.05) is 60.7 Å². The number of halogens is 1. The predicted octanol–water partition coefficient (Wildman–Crippen LogP) is 5.11. The van der Waals surface area contributed by atoms with E-state index in [4.69, 9.17) is 0 Å². The molecule has 0 fully saturated rings. The molecule has 1 aromatic heterocycles. The lowest BCUT2D eigenvalue weighted by Gasteiger charge is -2.39. The zero-order valence-corrected chi connectivity index (χ0v) is 19.4. The third-order valence-corrected chi connectivity index (χ3v) is 7.66. The summed E-state index contributed by atoms with van der Waals surface area (Å²) in [6, 6.07) is 9.62. The summed E-state index contributed by atoms with van der Waals surface area (Å²) in [6.07, 6.45) is 7.87. The SMILES string of the molecule is CC1(C)CN(CCc2cc3c4c(c2)CCN4C(=O)CC3)CC=C1c1c[nH]c2ccc(F)cc12. The number of carbonyl (C=O) groups is 1. The molecule has 4 heterocycles. The van der Waals surface area contributed by atoms with Crippen molar-refractivity contribution in [3.63, 3.8) is 0 Å². The van der Waals surface area contributed by atoms with Gasteiger partial charge >= 0.3 is 0 Å². The van der Waals surface area contributed by atoms with Crippen molar-refractivity contribution in [1.82, 2.24) is 9.88 Å². The number of H-pyrrole nitrogens is 1. The lowest BCUT2D eigenvalue weighted by molar-refractivity contribution is -0.118. The Balaban J connectivity index is 1.20. The molecule has 170 valence electrons. The van der Waals surface area contributed by atoms with Gasteiger partial charge in [0.05, 0.1) is 5.69 Å². The molecule has 33 heavy (non-hydrogen) atoms. The van der Waals surface area contributed by atoms with E-state index in [0.29, 0.717) is 6.42 Å². The number of nitrogens with one attached hydrogen (secondary N) is 1. The molecule has 3 aliphatic heterocycles. The monoisotopic (exact) mass is 443 g/mol. The van der Waals surface area contributed by atoms with Crippen LogP contribution in [0.2, 0.25) is 0 Å². The number of aromatic nitrogens is 1. The van der Waals surface area contributed by atoms with E-state index in [1.807, 2.05) is 17.2 Å². The first-order valence-electron chi connectivity index (χ1n) is 12.0. The summed E-state index contributed by atoms with van der Waals surface area (Å²) in [6.45, 7) is 8.30. The molecule has 3 aliphatic rings. The first-order chi connectivity index (χ1) is 15.9. The summed E-state index contributed by atoms with van der Waals surface area (Å²) >= 11 is 0. The van der Waals surface area contributed by atoms with Crippen LogP contribution < -0.4 is 4.90 Å². The standard InChI is InChI=1S/C28H30FN3O/c1-28(2)17-31(11-9-24(28)23-16-30-25-5-4-21(29)15-22(23)25)10-7-18-13-19-3-6-26(33)32-12-8-20(14-18)27(19)32/h4-5,9,13-16,30H,3,6-8,10-12,17H2,1-2H3. The minimum atomic E-state index is -0.194. The highest BCUT2D eigenvalue weighted by atomic mass is 19.1. The van der Waals surface area contributed by atoms with Crippen LogP contribution in [0.3, 0.4) is 0 Å². The van der Waals surface area contributed by atoms with Crippen LogP contribution in [-0.2, 0) is 24.1 Å². The van der Waals surface area contributed by atoms with E-state index in [2.05, 4.69) is 41.9 Å². The Kier molecular flexibility index (Phi) is 4.73. The highest BCUT2D eigenvalue weighted by Gasteiger charge is 2.33. The fourth-order valence-electron chi connectivity index (χ4n) is 6.13. The van der Waals surface area contributed by atoms with Crippen molar-refractivity contribution in [1.29, 1.82) is 0 Å². The summed E-state index contributed by atoms with van der Waals surface area (Å²) in [5.41, 5.74) is 8.66. The zero-order valence-electron chi connectivity index (χ0n) is 19.4. The number of anilines is 1. The number of rotatable bonds is 4. The maximum absolute atomic E-state index is 13.9. The average Bonchev–Trinajstić information content (AvgIpc) is 3.39. The van der Waals surface area contributed by atoms with Gasteiger partial charge in [0.15, 0.2) is 0 Å². The topological polar surface area (TPSA) is 39.3 Å². The van der Waals surface area contributed by atoms with E-state index in [0.717, 1.165) is 61.9 Å². The zero-order chi connectivity index (χ0) is 22.7. The van der Waals surface area contributed by atoms with Crippen LogP contribution in [0.4, 0.5) is 10.1 Å². The summed E-state index contributed by atoms with van der Waals surface area (Å²) in [7, 11) is 0. The van der Waals surface area contributed by atoms with Gasteiger partial charge in [-0.2, -0.15) is 0 Å². The van der Waals surface area contributed by atoms with Crippen molar-refractivity contribution in [2.45, 2.75) is 39.5 Å². The number of amides is 1. The fourth-order valence-corrected chi connectivity index (χ4v) is 6.13. The van der Waals surface area contributed by atoms with E-state index in [1.165, 1.54) is 34.0 Å². The van der Waals surface area contributed by atoms with E-state index < -0.39 is 0 Å². The van der Waals surface area contributed by atoms with Crippen molar-refractivity contribution in [2.24, 2.45) is 5.41 Å². The normalized spacial score (nSPS) is 19.8. The summed E-state index contributed by atoms with van der Waals surface area (Å²) in [5, 5.41) is 0.961. The quantitative estimate of drug-likeness (QED) is 0.609. The van der Waals surface area contributed by atoms with Crippen molar-refractivity contribution < 1.29 is 9.18 Å². The van der Waals surface area contributed by atoms with Gasteiger partial charge in [-0.15, -0.1) is 0 Å². The van der Waals surface area contributed by atoms with Gasteiger partial charge in [-0.3, -0.25) is 9.69 Å². The van der Waals surface area contributed by atoms with Gasteiger partial charge in [0.1, 0.15) is 5.82 Å². The summed E-state index contributed by atoms with van der Waals surface area (Å²) in [4.78, 5) is 20.0. The van der Waals surface area contributed by atoms with Crippen LogP contribution in [0.15, 0.2) is 42.6 Å². The summed E-state index contributed by atoms with van der Waals surface area (Å²) in [5.74, 6) is 0.0881. The molecule has 0 atom stereocenters. The number of nitrogens with zero attached hydrogens (tertiary/aromatic N) is 2. The minimum Gasteiger partial charge on any atom is -0.361 e. The molecule has 0 spiro atoms. The molecule has 0 aliphatic carbocycles. The van der Waals surface area contributed by atoms with Gasteiger partial charge in [-0.25, -0.2) is 4.39 Å². The predicted molar refractivity (Wildman–Crippen MR) is 131 cm³/mol. The second-order valence-corrected chi connectivity index (χ2v) is 10.4. The highest BCUT2D eigenvalue weighted by Crippen LogP contribution is 2.41. The molecule has 1 amide bonds. The maximum atomic E-state index is 13.9. The first-order valence-corrected chi connectivity index (χ1v) is 12.0. The van der Waals surface area contributed by atoms with E-state index in [1.54, 1.807) is 6.07 Å². The van der Waals surface area contributed by atoms with Crippen LogP contribution in [0.25, 0.3) is 16.5 Å². The largest absolute Gasteiger partial charge is 0.361 e. The van der Waals surface area contributed by atoms with E-state index in [9.17, 15) is 9.18 Å². The smallest absolute Gasteiger partial charge is 0.227 e. The second kappa shape index (κ2) is 7.56. The molecular weight excluding hydrogens is 413 g/mol. The van der Waals surface area contributed by atoms with Crippen LogP contribution in [0.5, 0.6) is 0 Å². The third-order valence-electron chi connectivity index (χ3n) is 7.66. The molecule has 0 unspecified atom stereocenters. The Morgan fingerprint density at radius 3 is 2.73 bits per heavy atom. The molecule has 4 nitrogen and oxygen atoms in total. The van der Waals surface area contributed by atoms with Gasteiger partial charge < -0.3 is 9.88 Å². The lowest BCUT2D eigenvalue weighted by atomic mass is 9.77. The lowest BCUT2D eigenvalue weighted by Crippen LogP contribution is -2.40. The van der Waals surface area contributed by atoms with Crippen LogP contribution in [0, 0.1) is 11.2 Å². The molecule has 1 N–H and O–H groups in total. The number of hydrogen-bond donors (Lipinski definition) is 1. The molecule has 5 heteroatoms. The highest BCUT2D eigenvalue weighted by molar-refractivity contribution is 5.98. The van der Waals surface area contributed by atoms with Crippen LogP contribution in [-0.4, -0.2) is 42.0 Å². The van der Waals surface area contributed by atoms with Crippen LogP contribution in [0.1, 0.15) is 42.5 Å². The van der Waals surface area contributed by atoms with Crippen molar-refractivity contribution in [3.05, 3.63) is 70.7 Å². The maximum Gasteiger partial charge on any atom is 0.227 e. The molecule has 0 bridgehead atoms. The molecule has 0 saturated heterocycles. The Labute approximate surface area is 194 Å². The van der Waals surface area contributed by atoms with Crippen molar-refractivity contribution in [3.8, 4) is 0 Å². The van der Waals surface area contributed by atoms with E-state index >= 15 is 0 Å². The Morgan fingerprint density at radius 2 is 1.91 bits per heavy atom. The van der Waals surface area contributed by atoms with Crippen molar-refractivity contribution in [2.75, 3.05) is 31.1 Å². The number of fused-ring (bicyclic) bond motifs is 1. The molecule has 6 rings (SSSR count). The molecule has 3 aromatic rings. The number of benzene rings is 2. The molecule has 0 radical (unpaired) electrons. The van der Waals surface area contributed by atoms with Crippen molar-refractivity contribution >= 4 is 28.1 Å². The molecule has 0 saturated carbocycles. The number of carbonyl (C=O) groups excluding carboxylic acids is 1. The average molecular weight is 444 g/mol. The van der Waals surface area contributed by atoms with Gasteiger partial charge in [-0.1, -0.05) is 32.1 Å². The minimum absolute atomic E-state index is 0.0233. The summed E-state index contributed by atoms with van der Waals surface area (Å²) < 4.78 is 13.9. The number of hydrogen-bond acceptors (Lipinski definition) is 2. The number of aromatic amines is 1. The molecular formula is C28H30FN3O. The van der Waals surface area contributed by atoms with E-state index in [-0.39, 0.29) is 17.1 Å². The van der Waals surface area contributed by atoms with Gasteiger partial charge in [0.2, 0.25) is 5.91 Å². The Hall–Kier alpha value is -2.92. The van der Waals surface area contributed by atoms with Gasteiger partial charge in [0.25, 0.3) is 0 Å². The first kappa shape index (κ1) is 20.7.